The zero-order chi connectivity index (χ0) is 17.6. The Morgan fingerprint density at radius 3 is 2.15 bits per heavy atom. The molecule has 0 aromatic heterocycles. The smallest absolute Gasteiger partial charge is 0.860 e. The molecule has 1 unspecified atom stereocenters. The Morgan fingerprint density at radius 2 is 1.58 bits per heavy atom. The van der Waals surface area contributed by atoms with Gasteiger partial charge in [0.15, 0.2) is 0 Å². The molecule has 4 heterocycles. The summed E-state index contributed by atoms with van der Waals surface area (Å²) >= 11 is 12.0. The van der Waals surface area contributed by atoms with Gasteiger partial charge in [-0.05, 0) is 14.1 Å². The molecule has 4 aliphatic rings. The molecule has 0 N–H and O–H groups in total. The van der Waals surface area contributed by atoms with Gasteiger partial charge in [-0.15, -0.1) is 23.2 Å². The van der Waals surface area contributed by atoms with Gasteiger partial charge in [-0.3, -0.25) is 4.90 Å². The summed E-state index contributed by atoms with van der Waals surface area (Å²) in [5.74, 6) is -2.23. The van der Waals surface area contributed by atoms with Crippen LogP contribution < -0.4 is 127 Å². The number of methoxy groups -OCH3 is 1. The zero-order valence-electron chi connectivity index (χ0n) is 16.1. The number of ether oxygens (including phenoxy) is 3. The second-order valence-corrected chi connectivity index (χ2v) is 8.13. The Hall–Kier alpha value is 3.91. The Morgan fingerprint density at radius 1 is 1.00 bits per heavy atom. The van der Waals surface area contributed by atoms with E-state index in [0.717, 1.165) is 6.54 Å². The van der Waals surface area contributed by atoms with Crippen molar-refractivity contribution < 1.29 is 141 Å². The van der Waals surface area contributed by atoms with E-state index in [1.165, 1.54) is 0 Å². The van der Waals surface area contributed by atoms with Crippen molar-refractivity contribution >= 4 is 23.2 Å². The number of fused-ring (bicyclic) bond motifs is 2. The van der Waals surface area contributed by atoms with Gasteiger partial charge in [0.2, 0.25) is 0 Å². The molecular weight excluding hydrogens is 530 g/mol. The van der Waals surface area contributed by atoms with Crippen molar-refractivity contribution in [2.75, 3.05) is 47.5 Å². The maximum atomic E-state index is 11.3. The van der Waals surface area contributed by atoms with Crippen LogP contribution in [0.5, 0.6) is 0 Å². The van der Waals surface area contributed by atoms with Gasteiger partial charge >= 0.3 is 116 Å². The van der Waals surface area contributed by atoms with Crippen molar-refractivity contribution in [1.82, 2.24) is 9.80 Å². The normalized spacial score (nSPS) is 43.7. The van der Waals surface area contributed by atoms with Crippen LogP contribution in [0, 0.1) is 0 Å². The number of hydrogen-bond donors (Lipinski definition) is 0. The summed E-state index contributed by atoms with van der Waals surface area (Å²) in [4.78, 5) is 3.93. The molecule has 11 heteroatoms. The van der Waals surface area contributed by atoms with E-state index in [4.69, 9.17) is 37.4 Å². The van der Waals surface area contributed by atoms with Gasteiger partial charge in [-0.2, -0.15) is 5.79 Å². The fraction of sp³-hybridized carbons (Fsp3) is 1.00. The molecule has 0 aromatic rings. The van der Waals surface area contributed by atoms with Crippen LogP contribution in [0.15, 0.2) is 0 Å². The van der Waals surface area contributed by atoms with Crippen LogP contribution in [0.25, 0.3) is 0 Å². The first-order valence-electron chi connectivity index (χ1n) is 8.11. The average molecular weight is 554 g/mol. The summed E-state index contributed by atoms with van der Waals surface area (Å²) in [6.07, 6.45) is -0.00275. The fourth-order valence-electron chi connectivity index (χ4n) is 4.20. The second kappa shape index (κ2) is 11.7. The third-order valence-electron chi connectivity index (χ3n) is 5.33. The molecular formula is C15H24Cl2N2O5Rb2. The average Bonchev–Trinajstić information content (AvgIpc) is 3.20. The molecule has 4 fully saturated rings. The maximum absolute atomic E-state index is 11.3. The first kappa shape index (κ1) is 27.9. The first-order valence-corrected chi connectivity index (χ1v) is 8.99. The number of hydrogen-bond acceptors (Lipinski definition) is 7. The van der Waals surface area contributed by atoms with Crippen LogP contribution in [0.2, 0.25) is 0 Å². The summed E-state index contributed by atoms with van der Waals surface area (Å²) in [6, 6.07) is -0.238. The zero-order valence-corrected chi connectivity index (χ0v) is 27.4. The molecule has 0 radical (unpaired) electrons. The molecule has 0 aromatic carbocycles. The van der Waals surface area contributed by atoms with Crippen molar-refractivity contribution in [3.05, 3.63) is 0 Å². The van der Waals surface area contributed by atoms with E-state index in [1.807, 2.05) is 0 Å². The fourth-order valence-corrected chi connectivity index (χ4v) is 5.06. The summed E-state index contributed by atoms with van der Waals surface area (Å²) in [6.45, 7) is 1.87. The van der Waals surface area contributed by atoms with Gasteiger partial charge in [0.1, 0.15) is 0 Å². The van der Waals surface area contributed by atoms with Gasteiger partial charge in [0, 0.05) is 32.8 Å². The van der Waals surface area contributed by atoms with Crippen molar-refractivity contribution in [1.29, 1.82) is 0 Å². The van der Waals surface area contributed by atoms with Crippen molar-refractivity contribution in [2.24, 2.45) is 0 Å². The first-order chi connectivity index (χ1) is 11.3. The van der Waals surface area contributed by atoms with E-state index < -0.39 is 11.8 Å². The molecule has 0 saturated carbocycles. The third kappa shape index (κ3) is 5.82. The number of likely N-dealkylation sites (tertiary alicyclic amines) is 2. The minimum atomic E-state index is -2.23. The molecule has 140 valence electrons. The summed E-state index contributed by atoms with van der Waals surface area (Å²) in [7, 11) is 5.53. The van der Waals surface area contributed by atoms with Gasteiger partial charge in [-0.1, -0.05) is 0 Å². The molecule has 7 atom stereocenters. The summed E-state index contributed by atoms with van der Waals surface area (Å²) in [5.41, 5.74) is 0. The second-order valence-electron chi connectivity index (χ2n) is 7.01. The van der Waals surface area contributed by atoms with Crippen molar-refractivity contribution in [3.63, 3.8) is 0 Å². The van der Waals surface area contributed by atoms with E-state index in [0.29, 0.717) is 19.2 Å². The van der Waals surface area contributed by atoms with Crippen molar-refractivity contribution in [3.8, 4) is 0 Å². The van der Waals surface area contributed by atoms with Gasteiger partial charge in [0.25, 0.3) is 0 Å². The predicted molar refractivity (Wildman–Crippen MR) is 85.1 cm³/mol. The molecule has 26 heavy (non-hydrogen) atoms. The summed E-state index contributed by atoms with van der Waals surface area (Å²) in [5, 5.41) is 22.5. The van der Waals surface area contributed by atoms with Gasteiger partial charge in [0.05, 0.1) is 41.7 Å². The van der Waals surface area contributed by atoms with Crippen LogP contribution in [0.3, 0.4) is 0 Å². The molecule has 4 aliphatic heterocycles. The SMILES string of the molecule is CN1C[C@@H](Cl)[C@H]2OCC([O-])([O-])[C@H]21.COC1CO[C@@H]2[C@H](Cl)CN(C)[C@H]12.[Rb+].[Rb+]. The van der Waals surface area contributed by atoms with Crippen LogP contribution in [-0.4, -0.2) is 104 Å². The molecule has 0 amide bonds. The molecule has 0 spiro atoms. The van der Waals surface area contributed by atoms with Gasteiger partial charge < -0.3 is 29.3 Å². The minimum absolute atomic E-state index is 0. The number of rotatable bonds is 1. The third-order valence-corrected chi connectivity index (χ3v) is 6.11. The Balaban J connectivity index is 0.000000241. The number of alkyl halides is 2. The molecule has 4 saturated heterocycles. The van der Waals surface area contributed by atoms with E-state index >= 15 is 0 Å². The van der Waals surface area contributed by atoms with Crippen LogP contribution >= 0.6 is 23.2 Å². The maximum Gasteiger partial charge on any atom is 1.00 e. The van der Waals surface area contributed by atoms with Gasteiger partial charge in [-0.25, -0.2) is 0 Å². The monoisotopic (exact) mass is 552 g/mol. The standard InChI is InChI=1S/C8H14ClNO2.C7H10ClNO3.2Rb/c1-10-3-5(9)8-7(10)6(11-2)4-12-8;1-9-2-4(8)5-6(9)7(10,11)3-12-5;;/h5-8H,3-4H2,1-2H3;4-6H,2-3H2,1H3;;/q;-2;2*+1/t5-,6?,7-,8-;4-,5-,6+;;/m11../s1. The number of nitrogens with zero attached hydrogens (tertiary/aromatic N) is 2. The largest absolute Gasteiger partial charge is 1.00 e. The van der Waals surface area contributed by atoms with Crippen LogP contribution in [0.1, 0.15) is 0 Å². The van der Waals surface area contributed by atoms with Crippen molar-refractivity contribution in [2.45, 2.75) is 46.9 Å². The molecule has 0 aliphatic carbocycles. The Labute approximate surface area is 262 Å². The van der Waals surface area contributed by atoms with E-state index in [9.17, 15) is 10.2 Å². The quantitative estimate of drug-likeness (QED) is 0.236. The Bertz CT molecular complexity index is 468. The van der Waals surface area contributed by atoms with E-state index in [2.05, 4.69) is 11.9 Å². The molecule has 7 nitrogen and oxygen atoms in total. The van der Waals surface area contributed by atoms with E-state index in [1.54, 1.807) is 19.1 Å². The number of halogens is 2. The number of likely N-dealkylation sites (N-methyl/N-ethyl adjacent to an activating group) is 2. The molecule has 4 rings (SSSR count). The van der Waals surface area contributed by atoms with E-state index in [-0.39, 0.29) is 152 Å². The predicted octanol–water partition coefficient (Wildman–Crippen LogP) is -7.95. The van der Waals surface area contributed by atoms with Crippen LogP contribution in [0.4, 0.5) is 0 Å². The molecule has 0 bridgehead atoms. The minimum Gasteiger partial charge on any atom is -0.860 e. The topological polar surface area (TPSA) is 80.3 Å². The Kier molecular flexibility index (Phi) is 12.6. The van der Waals surface area contributed by atoms with Crippen LogP contribution in [-0.2, 0) is 14.2 Å². The summed E-state index contributed by atoms with van der Waals surface area (Å²) < 4.78 is 16.0.